The molecule has 1 aliphatic heterocycles. The molecule has 1 aliphatic rings. The quantitative estimate of drug-likeness (QED) is 0.695. The van der Waals surface area contributed by atoms with Gasteiger partial charge in [0.2, 0.25) is 5.91 Å². The average molecular weight is 409 g/mol. The molecule has 2 atom stereocenters. The highest BCUT2D eigenvalue weighted by molar-refractivity contribution is 6.00. The lowest BCUT2D eigenvalue weighted by atomic mass is 9.96. The van der Waals surface area contributed by atoms with Gasteiger partial charge in [-0.05, 0) is 44.7 Å². The minimum absolute atomic E-state index is 0.0792. The number of ether oxygens (including phenoxy) is 2. The van der Waals surface area contributed by atoms with Crippen LogP contribution in [0.4, 0.5) is 4.79 Å². The second-order valence-electron chi connectivity index (χ2n) is 8.42. The van der Waals surface area contributed by atoms with E-state index in [1.165, 1.54) is 0 Å². The molecule has 158 valence electrons. The second-order valence-corrected chi connectivity index (χ2v) is 8.42. The summed E-state index contributed by atoms with van der Waals surface area (Å²) in [5, 5.41) is 0. The summed E-state index contributed by atoms with van der Waals surface area (Å²) < 4.78 is 10.8. The van der Waals surface area contributed by atoms with E-state index in [-0.39, 0.29) is 13.0 Å². The lowest BCUT2D eigenvalue weighted by Gasteiger charge is -2.26. The first-order valence-electron chi connectivity index (χ1n) is 10.0. The van der Waals surface area contributed by atoms with Crippen molar-refractivity contribution in [2.75, 3.05) is 0 Å². The van der Waals surface area contributed by atoms with Crippen molar-refractivity contribution in [3.05, 3.63) is 71.8 Å². The third-order valence-electron chi connectivity index (χ3n) is 4.82. The fraction of sp³-hybridized carbons (Fsp3) is 0.375. The van der Waals surface area contributed by atoms with Gasteiger partial charge in [0.1, 0.15) is 18.2 Å². The first kappa shape index (κ1) is 21.6. The molecule has 0 radical (unpaired) electrons. The normalized spacial score (nSPS) is 18.9. The minimum Gasteiger partial charge on any atom is -0.459 e. The zero-order valence-corrected chi connectivity index (χ0v) is 17.5. The summed E-state index contributed by atoms with van der Waals surface area (Å²) in [6.07, 6.45) is -0.160. The van der Waals surface area contributed by atoms with Gasteiger partial charge in [-0.2, -0.15) is 0 Å². The first-order valence-corrected chi connectivity index (χ1v) is 10.0. The van der Waals surface area contributed by atoms with Crippen molar-refractivity contribution in [2.24, 2.45) is 5.92 Å². The highest BCUT2D eigenvalue weighted by Gasteiger charge is 2.48. The Kier molecular flexibility index (Phi) is 6.55. The number of hydrogen-bond donors (Lipinski definition) is 0. The molecule has 2 aromatic rings. The Hall–Kier alpha value is -3.15. The van der Waals surface area contributed by atoms with Crippen LogP contribution in [-0.4, -0.2) is 34.5 Å². The number of rotatable bonds is 5. The highest BCUT2D eigenvalue weighted by atomic mass is 16.6. The Balaban J connectivity index is 1.76. The molecule has 1 heterocycles. The zero-order valence-electron chi connectivity index (χ0n) is 17.5. The van der Waals surface area contributed by atoms with E-state index in [1.54, 1.807) is 20.8 Å². The van der Waals surface area contributed by atoms with E-state index in [0.717, 1.165) is 16.0 Å². The predicted octanol–water partition coefficient (Wildman–Crippen LogP) is 4.12. The summed E-state index contributed by atoms with van der Waals surface area (Å²) in [5.74, 6) is -1.50. The standard InChI is InChI=1S/C24H27NO5/c1-24(2,3)30-23(28)25-20(22(27)29-16-18-12-8-5-9-13-18)15-19(21(25)26)14-17-10-6-4-7-11-17/h4-13,19-20H,14-16H2,1-3H3/t19-,20+/m0/s1. The fourth-order valence-corrected chi connectivity index (χ4v) is 3.45. The Labute approximate surface area is 176 Å². The third-order valence-corrected chi connectivity index (χ3v) is 4.82. The number of esters is 1. The van der Waals surface area contributed by atoms with E-state index < -0.39 is 35.5 Å². The fourth-order valence-electron chi connectivity index (χ4n) is 3.45. The first-order chi connectivity index (χ1) is 14.2. The minimum atomic E-state index is -0.996. The number of amides is 2. The molecule has 0 aromatic heterocycles. The number of nitrogens with zero attached hydrogens (tertiary/aromatic N) is 1. The van der Waals surface area contributed by atoms with Crippen molar-refractivity contribution in [1.82, 2.24) is 4.90 Å². The molecular weight excluding hydrogens is 382 g/mol. The van der Waals surface area contributed by atoms with Crippen LogP contribution in [0.3, 0.4) is 0 Å². The Morgan fingerprint density at radius 3 is 2.10 bits per heavy atom. The summed E-state index contributed by atoms with van der Waals surface area (Å²) in [6.45, 7) is 5.23. The van der Waals surface area contributed by atoms with E-state index >= 15 is 0 Å². The number of carbonyl (C=O) groups excluding carboxylic acids is 3. The molecule has 1 fully saturated rings. The van der Waals surface area contributed by atoms with Crippen molar-refractivity contribution >= 4 is 18.0 Å². The zero-order chi connectivity index (χ0) is 21.7. The molecule has 0 spiro atoms. The van der Waals surface area contributed by atoms with E-state index in [2.05, 4.69) is 0 Å². The smallest absolute Gasteiger partial charge is 0.417 e. The van der Waals surface area contributed by atoms with Gasteiger partial charge < -0.3 is 9.47 Å². The number of benzene rings is 2. The largest absolute Gasteiger partial charge is 0.459 e. The Morgan fingerprint density at radius 1 is 0.967 bits per heavy atom. The molecule has 2 amide bonds. The van der Waals surface area contributed by atoms with Crippen LogP contribution < -0.4 is 0 Å². The van der Waals surface area contributed by atoms with Crippen LogP contribution in [0.1, 0.15) is 38.3 Å². The van der Waals surface area contributed by atoms with Gasteiger partial charge in [0.15, 0.2) is 0 Å². The van der Waals surface area contributed by atoms with Crippen molar-refractivity contribution < 1.29 is 23.9 Å². The number of carbonyl (C=O) groups is 3. The molecule has 2 aromatic carbocycles. The van der Waals surface area contributed by atoms with E-state index in [9.17, 15) is 14.4 Å². The van der Waals surface area contributed by atoms with Crippen LogP contribution in [0.2, 0.25) is 0 Å². The molecular formula is C24H27NO5. The maximum absolute atomic E-state index is 13.0. The molecule has 6 nitrogen and oxygen atoms in total. The van der Waals surface area contributed by atoms with Crippen LogP contribution in [0.15, 0.2) is 60.7 Å². The van der Waals surface area contributed by atoms with Crippen LogP contribution in [0.5, 0.6) is 0 Å². The van der Waals surface area contributed by atoms with Crippen LogP contribution in [-0.2, 0) is 32.1 Å². The van der Waals surface area contributed by atoms with Crippen LogP contribution in [0, 0.1) is 5.92 Å². The van der Waals surface area contributed by atoms with Crippen LogP contribution in [0.25, 0.3) is 0 Å². The van der Waals surface area contributed by atoms with Gasteiger partial charge in [0, 0.05) is 5.92 Å². The molecule has 3 rings (SSSR count). The Morgan fingerprint density at radius 2 is 1.53 bits per heavy atom. The summed E-state index contributed by atoms with van der Waals surface area (Å²) >= 11 is 0. The SMILES string of the molecule is CC(C)(C)OC(=O)N1C(=O)[C@@H](Cc2ccccc2)C[C@@H]1C(=O)OCc1ccccc1. The molecule has 0 bridgehead atoms. The molecule has 0 saturated carbocycles. The van der Waals surface area contributed by atoms with Crippen molar-refractivity contribution in [1.29, 1.82) is 0 Å². The Bertz CT molecular complexity index is 889. The average Bonchev–Trinajstić information content (AvgIpc) is 3.03. The lowest BCUT2D eigenvalue weighted by molar-refractivity contribution is -0.152. The number of hydrogen-bond acceptors (Lipinski definition) is 5. The molecule has 30 heavy (non-hydrogen) atoms. The van der Waals surface area contributed by atoms with Gasteiger partial charge >= 0.3 is 12.1 Å². The summed E-state index contributed by atoms with van der Waals surface area (Å²) in [7, 11) is 0. The van der Waals surface area contributed by atoms with Gasteiger partial charge in [0.25, 0.3) is 0 Å². The van der Waals surface area contributed by atoms with E-state index in [0.29, 0.717) is 6.42 Å². The van der Waals surface area contributed by atoms with Crippen molar-refractivity contribution in [3.8, 4) is 0 Å². The lowest BCUT2D eigenvalue weighted by Crippen LogP contribution is -2.46. The summed E-state index contributed by atoms with van der Waals surface area (Å²) in [6, 6.07) is 17.8. The third kappa shape index (κ3) is 5.47. The molecule has 0 unspecified atom stereocenters. The number of imide groups is 1. The van der Waals surface area contributed by atoms with Crippen LogP contribution >= 0.6 is 0 Å². The second kappa shape index (κ2) is 9.11. The van der Waals surface area contributed by atoms with Gasteiger partial charge in [-0.15, -0.1) is 0 Å². The maximum Gasteiger partial charge on any atom is 0.417 e. The maximum atomic E-state index is 13.0. The summed E-state index contributed by atoms with van der Waals surface area (Å²) in [5.41, 5.74) is 1.02. The van der Waals surface area contributed by atoms with Gasteiger partial charge in [-0.3, -0.25) is 4.79 Å². The van der Waals surface area contributed by atoms with Gasteiger partial charge in [-0.25, -0.2) is 14.5 Å². The molecule has 0 N–H and O–H groups in total. The van der Waals surface area contributed by atoms with Gasteiger partial charge in [0.05, 0.1) is 0 Å². The van der Waals surface area contributed by atoms with Gasteiger partial charge in [-0.1, -0.05) is 60.7 Å². The van der Waals surface area contributed by atoms with Crippen molar-refractivity contribution in [2.45, 2.75) is 51.9 Å². The van der Waals surface area contributed by atoms with E-state index in [1.807, 2.05) is 60.7 Å². The molecule has 0 aliphatic carbocycles. The highest BCUT2D eigenvalue weighted by Crippen LogP contribution is 2.30. The monoisotopic (exact) mass is 409 g/mol. The predicted molar refractivity (Wildman–Crippen MR) is 111 cm³/mol. The molecule has 6 heteroatoms. The molecule has 1 saturated heterocycles. The van der Waals surface area contributed by atoms with E-state index in [4.69, 9.17) is 9.47 Å². The number of likely N-dealkylation sites (tertiary alicyclic amines) is 1. The van der Waals surface area contributed by atoms with Crippen molar-refractivity contribution in [3.63, 3.8) is 0 Å². The topological polar surface area (TPSA) is 72.9 Å². The summed E-state index contributed by atoms with van der Waals surface area (Å²) in [4.78, 5) is 39.5.